The van der Waals surface area contributed by atoms with Crippen molar-refractivity contribution >= 4 is 17.8 Å². The highest BCUT2D eigenvalue weighted by Gasteiger charge is 2.44. The van der Waals surface area contributed by atoms with E-state index in [9.17, 15) is 14.4 Å². The van der Waals surface area contributed by atoms with Crippen molar-refractivity contribution in [3.63, 3.8) is 0 Å². The minimum absolute atomic E-state index is 0.0448. The summed E-state index contributed by atoms with van der Waals surface area (Å²) in [4.78, 5) is 38.1. The number of ether oxygens (including phenoxy) is 1. The molecule has 0 aliphatic carbocycles. The van der Waals surface area contributed by atoms with Gasteiger partial charge in [0, 0.05) is 19.5 Å². The standard InChI is InChI=1S/C20H28N2O5/c1-4-5-10-22-17(23)11-16(19(24)21-12-13(2)20(25)26)18(22)14-6-8-15(27-3)9-7-14/h6-9,13,16,18H,4-5,10-12H2,1-3H3,(H,21,24)(H,25,26). The number of amides is 2. The van der Waals surface area contributed by atoms with Gasteiger partial charge in [-0.25, -0.2) is 0 Å². The maximum atomic E-state index is 12.7. The largest absolute Gasteiger partial charge is 0.497 e. The van der Waals surface area contributed by atoms with Crippen molar-refractivity contribution in [2.24, 2.45) is 11.8 Å². The molecule has 0 aromatic heterocycles. The SMILES string of the molecule is CCCCN1C(=O)CC(C(=O)NCC(C)C(=O)O)C1c1ccc(OC)cc1. The van der Waals surface area contributed by atoms with E-state index < -0.39 is 17.8 Å². The summed E-state index contributed by atoms with van der Waals surface area (Å²) in [7, 11) is 1.58. The van der Waals surface area contributed by atoms with Crippen LogP contribution in [-0.2, 0) is 14.4 Å². The number of carbonyl (C=O) groups excluding carboxylic acids is 2. The van der Waals surface area contributed by atoms with E-state index in [1.165, 1.54) is 6.92 Å². The molecule has 27 heavy (non-hydrogen) atoms. The molecular weight excluding hydrogens is 348 g/mol. The molecule has 7 heteroatoms. The van der Waals surface area contributed by atoms with Gasteiger partial charge in [0.2, 0.25) is 11.8 Å². The number of nitrogens with zero attached hydrogens (tertiary/aromatic N) is 1. The van der Waals surface area contributed by atoms with Crippen LogP contribution in [0.15, 0.2) is 24.3 Å². The third-order valence-electron chi connectivity index (χ3n) is 4.98. The zero-order valence-electron chi connectivity index (χ0n) is 16.1. The highest BCUT2D eigenvalue weighted by atomic mass is 16.5. The number of likely N-dealkylation sites (tertiary alicyclic amines) is 1. The molecule has 1 aliphatic heterocycles. The van der Waals surface area contributed by atoms with E-state index in [1.54, 1.807) is 12.0 Å². The van der Waals surface area contributed by atoms with Crippen LogP contribution in [0.5, 0.6) is 5.75 Å². The number of carbonyl (C=O) groups is 3. The smallest absolute Gasteiger partial charge is 0.308 e. The Bertz CT molecular complexity index is 673. The number of carboxylic acids is 1. The number of benzene rings is 1. The lowest BCUT2D eigenvalue weighted by molar-refractivity contribution is -0.141. The Kier molecular flexibility index (Phi) is 7.21. The van der Waals surface area contributed by atoms with Crippen LogP contribution in [0.3, 0.4) is 0 Å². The molecule has 0 spiro atoms. The van der Waals surface area contributed by atoms with Crippen LogP contribution in [0, 0.1) is 11.8 Å². The summed E-state index contributed by atoms with van der Waals surface area (Å²) in [6.07, 6.45) is 1.95. The van der Waals surface area contributed by atoms with Crippen LogP contribution in [0.4, 0.5) is 0 Å². The summed E-state index contributed by atoms with van der Waals surface area (Å²) in [6, 6.07) is 7.03. The third-order valence-corrected chi connectivity index (χ3v) is 4.98. The molecule has 1 heterocycles. The van der Waals surface area contributed by atoms with Gasteiger partial charge >= 0.3 is 5.97 Å². The average molecular weight is 376 g/mol. The molecule has 7 nitrogen and oxygen atoms in total. The summed E-state index contributed by atoms with van der Waals surface area (Å²) < 4.78 is 5.19. The van der Waals surface area contributed by atoms with Gasteiger partial charge in [-0.05, 0) is 24.1 Å². The minimum Gasteiger partial charge on any atom is -0.497 e. The summed E-state index contributed by atoms with van der Waals surface area (Å²) >= 11 is 0. The quantitative estimate of drug-likeness (QED) is 0.689. The fourth-order valence-corrected chi connectivity index (χ4v) is 3.30. The molecule has 0 bridgehead atoms. The average Bonchev–Trinajstić information content (AvgIpc) is 3.00. The number of unbranched alkanes of at least 4 members (excludes halogenated alkanes) is 1. The zero-order chi connectivity index (χ0) is 20.0. The molecular formula is C20H28N2O5. The topological polar surface area (TPSA) is 95.9 Å². The van der Waals surface area contributed by atoms with E-state index in [0.29, 0.717) is 12.3 Å². The molecule has 1 aromatic carbocycles. The summed E-state index contributed by atoms with van der Waals surface area (Å²) in [6.45, 7) is 4.24. The van der Waals surface area contributed by atoms with Gasteiger partial charge < -0.3 is 20.1 Å². The highest BCUT2D eigenvalue weighted by Crippen LogP contribution is 2.39. The number of rotatable bonds is 9. The second-order valence-corrected chi connectivity index (χ2v) is 6.95. The Morgan fingerprint density at radius 2 is 2.00 bits per heavy atom. The van der Waals surface area contributed by atoms with Gasteiger partial charge in [0.05, 0.1) is 25.0 Å². The lowest BCUT2D eigenvalue weighted by Crippen LogP contribution is -2.38. The Morgan fingerprint density at radius 1 is 1.33 bits per heavy atom. The van der Waals surface area contributed by atoms with Crippen molar-refractivity contribution in [1.82, 2.24) is 10.2 Å². The van der Waals surface area contributed by atoms with Crippen molar-refractivity contribution in [2.45, 2.75) is 39.2 Å². The molecule has 2 amide bonds. The molecule has 3 unspecified atom stereocenters. The Balaban J connectivity index is 2.23. The number of nitrogens with one attached hydrogen (secondary N) is 1. The molecule has 1 saturated heterocycles. The van der Waals surface area contributed by atoms with Gasteiger partial charge in [0.1, 0.15) is 5.75 Å². The van der Waals surface area contributed by atoms with Crippen LogP contribution in [-0.4, -0.2) is 48.0 Å². The van der Waals surface area contributed by atoms with E-state index in [0.717, 1.165) is 18.4 Å². The monoisotopic (exact) mass is 376 g/mol. The molecule has 2 N–H and O–H groups in total. The van der Waals surface area contributed by atoms with Gasteiger partial charge in [-0.2, -0.15) is 0 Å². The van der Waals surface area contributed by atoms with Crippen molar-refractivity contribution < 1.29 is 24.2 Å². The van der Waals surface area contributed by atoms with Gasteiger partial charge in [-0.15, -0.1) is 0 Å². The van der Waals surface area contributed by atoms with E-state index in [4.69, 9.17) is 9.84 Å². The maximum absolute atomic E-state index is 12.7. The van der Waals surface area contributed by atoms with Crippen molar-refractivity contribution in [2.75, 3.05) is 20.2 Å². The van der Waals surface area contributed by atoms with Crippen molar-refractivity contribution in [1.29, 1.82) is 0 Å². The number of carboxylic acid groups (broad SMARTS) is 1. The first-order valence-electron chi connectivity index (χ1n) is 9.33. The molecule has 3 atom stereocenters. The van der Waals surface area contributed by atoms with Crippen LogP contribution in [0.2, 0.25) is 0 Å². The van der Waals surface area contributed by atoms with Gasteiger partial charge in [-0.3, -0.25) is 14.4 Å². The maximum Gasteiger partial charge on any atom is 0.308 e. The molecule has 1 fully saturated rings. The van der Waals surface area contributed by atoms with Gasteiger partial charge in [0.15, 0.2) is 0 Å². The van der Waals surface area contributed by atoms with Crippen LogP contribution >= 0.6 is 0 Å². The second-order valence-electron chi connectivity index (χ2n) is 6.95. The molecule has 2 rings (SSSR count). The first kappa shape index (κ1) is 20.7. The Morgan fingerprint density at radius 3 is 2.56 bits per heavy atom. The second kappa shape index (κ2) is 9.39. The summed E-state index contributed by atoms with van der Waals surface area (Å²) in [5.74, 6) is -1.80. The number of hydrogen-bond acceptors (Lipinski definition) is 4. The van der Waals surface area contributed by atoms with Gasteiger partial charge in [0.25, 0.3) is 0 Å². The van der Waals surface area contributed by atoms with Crippen LogP contribution in [0.1, 0.15) is 44.7 Å². The lowest BCUT2D eigenvalue weighted by Gasteiger charge is -2.28. The fourth-order valence-electron chi connectivity index (χ4n) is 3.30. The number of aliphatic carboxylic acids is 1. The van der Waals surface area contributed by atoms with Gasteiger partial charge in [-0.1, -0.05) is 32.4 Å². The zero-order valence-corrected chi connectivity index (χ0v) is 16.1. The normalized spacial score (nSPS) is 20.4. The number of methoxy groups -OCH3 is 1. The third kappa shape index (κ3) is 4.99. The number of hydrogen-bond donors (Lipinski definition) is 2. The van der Waals surface area contributed by atoms with Crippen LogP contribution in [0.25, 0.3) is 0 Å². The van der Waals surface area contributed by atoms with E-state index >= 15 is 0 Å². The van der Waals surface area contributed by atoms with E-state index in [2.05, 4.69) is 12.2 Å². The minimum atomic E-state index is -0.964. The lowest BCUT2D eigenvalue weighted by atomic mass is 9.92. The molecule has 0 saturated carbocycles. The molecule has 148 valence electrons. The summed E-state index contributed by atoms with van der Waals surface area (Å²) in [5, 5.41) is 11.7. The van der Waals surface area contributed by atoms with Crippen molar-refractivity contribution in [3.05, 3.63) is 29.8 Å². The van der Waals surface area contributed by atoms with Crippen LogP contribution < -0.4 is 10.1 Å². The van der Waals surface area contributed by atoms with E-state index in [-0.39, 0.29) is 30.8 Å². The van der Waals surface area contributed by atoms with E-state index in [1.807, 2.05) is 24.3 Å². The van der Waals surface area contributed by atoms with Crippen molar-refractivity contribution in [3.8, 4) is 5.75 Å². The first-order chi connectivity index (χ1) is 12.9. The fraction of sp³-hybridized carbons (Fsp3) is 0.550. The summed E-state index contributed by atoms with van der Waals surface area (Å²) in [5.41, 5.74) is 0.879. The molecule has 1 aliphatic rings. The molecule has 0 radical (unpaired) electrons. The molecule has 1 aromatic rings. The Labute approximate surface area is 159 Å². The Hall–Kier alpha value is -2.57. The predicted octanol–water partition coefficient (Wildman–Crippen LogP) is 2.22. The first-order valence-corrected chi connectivity index (χ1v) is 9.33. The predicted molar refractivity (Wildman–Crippen MR) is 100 cm³/mol. The highest BCUT2D eigenvalue weighted by molar-refractivity contribution is 5.90.